The van der Waals surface area contributed by atoms with Crippen LogP contribution in [-0.2, 0) is 0 Å². The lowest BCUT2D eigenvalue weighted by molar-refractivity contribution is 0.777. The number of para-hydroxylation sites is 3. The SMILES string of the molecule is c1ccc2c(c1)ccc1c2ccc2c1ccc1c3ccccc3n(-n3c4ccccc4c4ccccc43)c21. The highest BCUT2D eigenvalue weighted by Gasteiger charge is 2.19. The summed E-state index contributed by atoms with van der Waals surface area (Å²) in [6.45, 7) is 0. The lowest BCUT2D eigenvalue weighted by Crippen LogP contribution is -2.08. The molecule has 0 saturated heterocycles. The summed E-state index contributed by atoms with van der Waals surface area (Å²) in [5.74, 6) is 0. The van der Waals surface area contributed by atoms with Crippen molar-refractivity contribution in [2.24, 2.45) is 0 Å². The van der Waals surface area contributed by atoms with Crippen LogP contribution in [0.3, 0.4) is 0 Å². The van der Waals surface area contributed by atoms with Crippen molar-refractivity contribution in [1.29, 1.82) is 0 Å². The van der Waals surface area contributed by atoms with Crippen LogP contribution in [0.15, 0.2) is 133 Å². The largest absolute Gasteiger partial charge is 0.248 e. The molecule has 2 heteroatoms. The molecular formula is C36H22N2. The molecule has 0 amide bonds. The molecular weight excluding hydrogens is 460 g/mol. The molecule has 2 heterocycles. The molecule has 9 aromatic rings. The van der Waals surface area contributed by atoms with Crippen molar-refractivity contribution in [2.45, 2.75) is 0 Å². The van der Waals surface area contributed by atoms with Gasteiger partial charge < -0.3 is 0 Å². The summed E-state index contributed by atoms with van der Waals surface area (Å²) in [6.07, 6.45) is 0. The smallest absolute Gasteiger partial charge is 0.0794 e. The quantitative estimate of drug-likeness (QED) is 0.206. The minimum Gasteiger partial charge on any atom is -0.248 e. The fraction of sp³-hybridized carbons (Fsp3) is 0. The van der Waals surface area contributed by atoms with Crippen molar-refractivity contribution >= 4 is 75.9 Å². The standard InChI is InChI=1S/C36H22N2/c1-2-10-24-23(9-1)17-18-26-25(24)19-21-31-27(26)20-22-32-30-13-5-8-16-35(30)38(36(31)32)37-33-14-6-3-11-28(33)29-12-4-7-15-34(29)37/h1-22H. The fourth-order valence-electron chi connectivity index (χ4n) is 6.67. The lowest BCUT2D eigenvalue weighted by atomic mass is 9.96. The molecule has 9 rings (SSSR count). The number of rotatable bonds is 1. The van der Waals surface area contributed by atoms with Gasteiger partial charge in [-0.25, -0.2) is 9.35 Å². The highest BCUT2D eigenvalue weighted by Crippen LogP contribution is 2.40. The van der Waals surface area contributed by atoms with Gasteiger partial charge in [0.1, 0.15) is 0 Å². The van der Waals surface area contributed by atoms with Crippen LogP contribution in [0.4, 0.5) is 0 Å². The Hall–Kier alpha value is -5.08. The van der Waals surface area contributed by atoms with Gasteiger partial charge in [0, 0.05) is 26.9 Å². The number of aromatic nitrogens is 2. The molecule has 0 saturated carbocycles. The average molecular weight is 483 g/mol. The predicted molar refractivity (Wildman–Crippen MR) is 162 cm³/mol. The first kappa shape index (κ1) is 20.0. The van der Waals surface area contributed by atoms with Crippen LogP contribution in [0.5, 0.6) is 0 Å². The molecule has 7 aromatic carbocycles. The number of benzene rings is 7. The highest BCUT2D eigenvalue weighted by atomic mass is 15.5. The van der Waals surface area contributed by atoms with Crippen LogP contribution in [0.25, 0.3) is 75.9 Å². The van der Waals surface area contributed by atoms with E-state index in [9.17, 15) is 0 Å². The summed E-state index contributed by atoms with van der Waals surface area (Å²) in [5, 5.41) is 12.8. The molecule has 0 aliphatic carbocycles. The molecule has 0 aliphatic rings. The zero-order valence-corrected chi connectivity index (χ0v) is 20.6. The first-order valence-electron chi connectivity index (χ1n) is 13.1. The maximum atomic E-state index is 2.45. The average Bonchev–Trinajstić information content (AvgIpc) is 3.49. The number of hydrogen-bond acceptors (Lipinski definition) is 0. The monoisotopic (exact) mass is 482 g/mol. The Morgan fingerprint density at radius 1 is 0.263 bits per heavy atom. The third-order valence-corrected chi connectivity index (χ3v) is 8.28. The van der Waals surface area contributed by atoms with E-state index in [4.69, 9.17) is 0 Å². The van der Waals surface area contributed by atoms with Crippen molar-refractivity contribution in [3.63, 3.8) is 0 Å². The van der Waals surface area contributed by atoms with E-state index >= 15 is 0 Å². The molecule has 176 valence electrons. The Morgan fingerprint density at radius 2 is 0.658 bits per heavy atom. The van der Waals surface area contributed by atoms with E-state index in [1.54, 1.807) is 0 Å². The molecule has 38 heavy (non-hydrogen) atoms. The van der Waals surface area contributed by atoms with Crippen LogP contribution in [0, 0.1) is 0 Å². The molecule has 0 unspecified atom stereocenters. The lowest BCUT2D eigenvalue weighted by Gasteiger charge is -2.15. The van der Waals surface area contributed by atoms with Gasteiger partial charge in [0.2, 0.25) is 0 Å². The van der Waals surface area contributed by atoms with Crippen LogP contribution in [-0.4, -0.2) is 9.35 Å². The van der Waals surface area contributed by atoms with Gasteiger partial charge in [0.15, 0.2) is 0 Å². The van der Waals surface area contributed by atoms with Gasteiger partial charge in [-0.05, 0) is 45.1 Å². The van der Waals surface area contributed by atoms with Crippen molar-refractivity contribution in [2.75, 3.05) is 0 Å². The molecule has 0 bridgehead atoms. The minimum absolute atomic E-state index is 1.21. The van der Waals surface area contributed by atoms with Gasteiger partial charge in [-0.15, -0.1) is 0 Å². The van der Waals surface area contributed by atoms with Gasteiger partial charge in [0.05, 0.1) is 22.1 Å². The Bertz CT molecular complexity index is 2350. The number of hydrogen-bond donors (Lipinski definition) is 0. The van der Waals surface area contributed by atoms with E-state index < -0.39 is 0 Å². The summed E-state index contributed by atoms with van der Waals surface area (Å²) in [5.41, 5.74) is 4.87. The molecule has 0 fully saturated rings. The van der Waals surface area contributed by atoms with E-state index in [1.807, 2.05) is 0 Å². The molecule has 0 N–H and O–H groups in total. The highest BCUT2D eigenvalue weighted by molar-refractivity contribution is 6.25. The van der Waals surface area contributed by atoms with E-state index in [0.717, 1.165) is 0 Å². The maximum Gasteiger partial charge on any atom is 0.0794 e. The summed E-state index contributed by atoms with van der Waals surface area (Å²) in [4.78, 5) is 0. The summed E-state index contributed by atoms with van der Waals surface area (Å²) >= 11 is 0. The van der Waals surface area contributed by atoms with Gasteiger partial charge in [-0.1, -0.05) is 115 Å². The Kier molecular flexibility index (Phi) is 3.82. The van der Waals surface area contributed by atoms with Crippen LogP contribution >= 0.6 is 0 Å². The maximum absolute atomic E-state index is 2.45. The predicted octanol–water partition coefficient (Wildman–Crippen LogP) is 9.67. The number of fused-ring (bicyclic) bond motifs is 12. The number of nitrogens with zero attached hydrogens (tertiary/aromatic N) is 2. The summed E-state index contributed by atoms with van der Waals surface area (Å²) in [6, 6.07) is 48.8. The molecule has 2 aromatic heterocycles. The Morgan fingerprint density at radius 3 is 1.32 bits per heavy atom. The Balaban J connectivity index is 1.54. The summed E-state index contributed by atoms with van der Waals surface area (Å²) < 4.78 is 4.86. The second-order valence-electron chi connectivity index (χ2n) is 10.2. The molecule has 0 radical (unpaired) electrons. The molecule has 2 nitrogen and oxygen atoms in total. The second kappa shape index (κ2) is 7.24. The van der Waals surface area contributed by atoms with Crippen LogP contribution in [0.1, 0.15) is 0 Å². The zero-order valence-electron chi connectivity index (χ0n) is 20.6. The topological polar surface area (TPSA) is 9.86 Å². The third kappa shape index (κ3) is 2.47. The van der Waals surface area contributed by atoms with E-state index in [-0.39, 0.29) is 0 Å². The van der Waals surface area contributed by atoms with E-state index in [0.29, 0.717) is 0 Å². The van der Waals surface area contributed by atoms with E-state index in [2.05, 4.69) is 143 Å². The minimum atomic E-state index is 1.21. The van der Waals surface area contributed by atoms with Gasteiger partial charge in [-0.3, -0.25) is 0 Å². The van der Waals surface area contributed by atoms with Crippen molar-refractivity contribution in [1.82, 2.24) is 9.35 Å². The zero-order chi connectivity index (χ0) is 24.8. The first-order valence-corrected chi connectivity index (χ1v) is 13.1. The molecule has 0 aliphatic heterocycles. The van der Waals surface area contributed by atoms with E-state index in [1.165, 1.54) is 75.9 Å². The van der Waals surface area contributed by atoms with Crippen molar-refractivity contribution < 1.29 is 0 Å². The van der Waals surface area contributed by atoms with Gasteiger partial charge >= 0.3 is 0 Å². The molecule has 0 spiro atoms. The third-order valence-electron chi connectivity index (χ3n) is 8.28. The normalized spacial score (nSPS) is 12.2. The van der Waals surface area contributed by atoms with Crippen molar-refractivity contribution in [3.8, 4) is 0 Å². The van der Waals surface area contributed by atoms with Crippen molar-refractivity contribution in [3.05, 3.63) is 133 Å². The first-order chi connectivity index (χ1) is 18.9. The fourth-order valence-corrected chi connectivity index (χ4v) is 6.67. The molecule has 0 atom stereocenters. The Labute approximate surface area is 218 Å². The second-order valence-corrected chi connectivity index (χ2v) is 10.2. The van der Waals surface area contributed by atoms with Gasteiger partial charge in [0.25, 0.3) is 0 Å². The summed E-state index contributed by atoms with van der Waals surface area (Å²) in [7, 11) is 0. The van der Waals surface area contributed by atoms with Gasteiger partial charge in [-0.2, -0.15) is 0 Å². The van der Waals surface area contributed by atoms with Crippen LogP contribution < -0.4 is 0 Å². The van der Waals surface area contributed by atoms with Crippen LogP contribution in [0.2, 0.25) is 0 Å².